The molecule has 0 fully saturated rings. The minimum absolute atomic E-state index is 0.187. The van der Waals surface area contributed by atoms with Crippen LogP contribution in [-0.4, -0.2) is 32.9 Å². The van der Waals surface area contributed by atoms with Gasteiger partial charge in [-0.15, -0.1) is 0 Å². The summed E-state index contributed by atoms with van der Waals surface area (Å²) < 4.78 is 35.1. The van der Waals surface area contributed by atoms with Gasteiger partial charge in [-0.3, -0.25) is 14.0 Å². The fraction of sp³-hybridized carbons (Fsp3) is 0.160. The first-order chi connectivity index (χ1) is 16.8. The van der Waals surface area contributed by atoms with Crippen LogP contribution in [0.5, 0.6) is 5.75 Å². The SMILES string of the molecule is Cc1nc2c(OCc3c(F)cccc3F)cccn2c1C(=O)NC(CO)c1cccc(C(N)=O)c1. The standard InChI is InChI=1S/C25H22F2N4O4/c1-14-22(25(34)30-20(12-32)15-5-2-6-16(11-15)23(28)33)31-10-4-9-21(24(31)29-14)35-13-17-18(26)7-3-8-19(17)27/h2-11,20,32H,12-13H2,1H3,(H2,28,33)(H,30,34). The number of pyridine rings is 1. The van der Waals surface area contributed by atoms with E-state index in [9.17, 15) is 23.5 Å². The molecule has 35 heavy (non-hydrogen) atoms. The molecule has 4 aromatic rings. The number of imidazole rings is 1. The largest absolute Gasteiger partial charge is 0.485 e. The number of hydrogen-bond acceptors (Lipinski definition) is 5. The number of nitrogens with one attached hydrogen (secondary N) is 1. The van der Waals surface area contributed by atoms with Crippen LogP contribution in [0.25, 0.3) is 5.65 Å². The van der Waals surface area contributed by atoms with Gasteiger partial charge in [0.1, 0.15) is 23.9 Å². The first-order valence-corrected chi connectivity index (χ1v) is 10.6. The van der Waals surface area contributed by atoms with Crippen LogP contribution in [0.15, 0.2) is 60.8 Å². The van der Waals surface area contributed by atoms with Crippen molar-refractivity contribution in [1.29, 1.82) is 0 Å². The van der Waals surface area contributed by atoms with Gasteiger partial charge in [-0.1, -0.05) is 18.2 Å². The lowest BCUT2D eigenvalue weighted by atomic mass is 10.0. The van der Waals surface area contributed by atoms with Crippen LogP contribution >= 0.6 is 0 Å². The molecule has 1 atom stereocenters. The van der Waals surface area contributed by atoms with Gasteiger partial charge < -0.3 is 20.9 Å². The van der Waals surface area contributed by atoms with Crippen molar-refractivity contribution in [2.75, 3.05) is 6.61 Å². The van der Waals surface area contributed by atoms with E-state index in [0.717, 1.165) is 12.1 Å². The second-order valence-electron chi connectivity index (χ2n) is 7.80. The molecule has 0 saturated carbocycles. The van der Waals surface area contributed by atoms with E-state index in [1.807, 2.05) is 0 Å². The van der Waals surface area contributed by atoms with E-state index >= 15 is 0 Å². The van der Waals surface area contributed by atoms with E-state index in [1.54, 1.807) is 37.4 Å². The van der Waals surface area contributed by atoms with Crippen LogP contribution < -0.4 is 15.8 Å². The highest BCUT2D eigenvalue weighted by Crippen LogP contribution is 2.25. The summed E-state index contributed by atoms with van der Waals surface area (Å²) in [6, 6.07) is 12.2. The quantitative estimate of drug-likeness (QED) is 0.358. The Balaban J connectivity index is 1.61. The highest BCUT2D eigenvalue weighted by molar-refractivity contribution is 5.95. The predicted molar refractivity (Wildman–Crippen MR) is 123 cm³/mol. The molecule has 8 nitrogen and oxygen atoms in total. The number of aliphatic hydroxyl groups excluding tert-OH is 1. The molecule has 2 amide bonds. The number of rotatable bonds is 8. The number of ether oxygens (including phenoxy) is 1. The third-order valence-electron chi connectivity index (χ3n) is 5.50. The smallest absolute Gasteiger partial charge is 0.270 e. The van der Waals surface area contributed by atoms with Gasteiger partial charge in [-0.2, -0.15) is 0 Å². The van der Waals surface area contributed by atoms with Crippen molar-refractivity contribution in [2.45, 2.75) is 19.6 Å². The Morgan fingerprint density at radius 3 is 2.54 bits per heavy atom. The number of fused-ring (bicyclic) bond motifs is 1. The van der Waals surface area contributed by atoms with Gasteiger partial charge in [-0.05, 0) is 48.9 Å². The average molecular weight is 480 g/mol. The molecule has 0 radical (unpaired) electrons. The maximum atomic E-state index is 14.0. The van der Waals surface area contributed by atoms with Crippen LogP contribution in [0.1, 0.15) is 43.7 Å². The Kier molecular flexibility index (Phi) is 6.74. The Bertz CT molecular complexity index is 1400. The molecule has 0 spiro atoms. The van der Waals surface area contributed by atoms with Gasteiger partial charge in [0.2, 0.25) is 5.91 Å². The highest BCUT2D eigenvalue weighted by atomic mass is 19.1. The van der Waals surface area contributed by atoms with Gasteiger partial charge >= 0.3 is 0 Å². The Morgan fingerprint density at radius 1 is 1.14 bits per heavy atom. The van der Waals surface area contributed by atoms with Gasteiger partial charge in [0.15, 0.2) is 11.4 Å². The van der Waals surface area contributed by atoms with Crippen molar-refractivity contribution in [3.05, 3.63) is 101 Å². The monoisotopic (exact) mass is 480 g/mol. The number of aryl methyl sites for hydroxylation is 1. The van der Waals surface area contributed by atoms with E-state index in [4.69, 9.17) is 10.5 Å². The first-order valence-electron chi connectivity index (χ1n) is 10.6. The minimum Gasteiger partial charge on any atom is -0.485 e. The van der Waals surface area contributed by atoms with E-state index in [1.165, 1.54) is 22.6 Å². The molecule has 0 bridgehead atoms. The summed E-state index contributed by atoms with van der Waals surface area (Å²) in [6.45, 7) is 0.838. The fourth-order valence-electron chi connectivity index (χ4n) is 3.73. The fourth-order valence-corrected chi connectivity index (χ4v) is 3.73. The summed E-state index contributed by atoms with van der Waals surface area (Å²) in [5.74, 6) is -2.39. The molecule has 0 aliphatic heterocycles. The number of halogens is 2. The van der Waals surface area contributed by atoms with Gasteiger partial charge in [0.25, 0.3) is 5.91 Å². The highest BCUT2D eigenvalue weighted by Gasteiger charge is 2.23. The van der Waals surface area contributed by atoms with Gasteiger partial charge in [0, 0.05) is 11.8 Å². The molecule has 0 aliphatic carbocycles. The maximum absolute atomic E-state index is 14.0. The molecule has 0 aliphatic rings. The zero-order valence-corrected chi connectivity index (χ0v) is 18.7. The van der Waals surface area contributed by atoms with Gasteiger partial charge in [0.05, 0.1) is 23.9 Å². The minimum atomic E-state index is -0.810. The molecule has 2 aromatic carbocycles. The van der Waals surface area contributed by atoms with Crippen molar-refractivity contribution in [2.24, 2.45) is 5.73 Å². The number of hydrogen-bond donors (Lipinski definition) is 3. The van der Waals surface area contributed by atoms with Crippen LogP contribution in [0.4, 0.5) is 8.78 Å². The van der Waals surface area contributed by atoms with Crippen LogP contribution in [0, 0.1) is 18.6 Å². The number of carbonyl (C=O) groups is 2. The van der Waals surface area contributed by atoms with E-state index in [2.05, 4.69) is 10.3 Å². The summed E-state index contributed by atoms with van der Waals surface area (Å²) in [5, 5.41) is 12.6. The summed E-state index contributed by atoms with van der Waals surface area (Å²) in [7, 11) is 0. The summed E-state index contributed by atoms with van der Waals surface area (Å²) in [6.07, 6.45) is 1.60. The van der Waals surface area contributed by atoms with Crippen molar-refractivity contribution in [1.82, 2.24) is 14.7 Å². The van der Waals surface area contributed by atoms with Crippen molar-refractivity contribution >= 4 is 17.5 Å². The first kappa shape index (κ1) is 23.8. The molecular weight excluding hydrogens is 458 g/mol. The van der Waals surface area contributed by atoms with E-state index < -0.39 is 36.1 Å². The lowest BCUT2D eigenvalue weighted by molar-refractivity contribution is 0.0909. The van der Waals surface area contributed by atoms with E-state index in [-0.39, 0.29) is 34.8 Å². The van der Waals surface area contributed by atoms with Crippen LogP contribution in [0.3, 0.4) is 0 Å². The summed E-state index contributed by atoms with van der Waals surface area (Å²) >= 11 is 0. The molecule has 4 N–H and O–H groups in total. The molecule has 4 rings (SSSR count). The van der Waals surface area contributed by atoms with Crippen LogP contribution in [0.2, 0.25) is 0 Å². The number of amides is 2. The Hall–Kier alpha value is -4.31. The van der Waals surface area contributed by atoms with Crippen molar-refractivity contribution in [3.8, 4) is 5.75 Å². The zero-order chi connectivity index (χ0) is 25.1. The molecule has 2 aromatic heterocycles. The Morgan fingerprint density at radius 2 is 1.86 bits per heavy atom. The number of aromatic nitrogens is 2. The number of primary amides is 1. The molecule has 0 saturated heterocycles. The number of aliphatic hydroxyl groups is 1. The normalized spacial score (nSPS) is 11.9. The lowest BCUT2D eigenvalue weighted by Crippen LogP contribution is -2.32. The predicted octanol–water partition coefficient (Wildman–Crippen LogP) is 3.06. The summed E-state index contributed by atoms with van der Waals surface area (Å²) in [4.78, 5) is 29.1. The zero-order valence-electron chi connectivity index (χ0n) is 18.7. The third kappa shape index (κ3) is 4.82. The number of nitrogens with two attached hydrogens (primary N) is 1. The molecule has 10 heteroatoms. The summed E-state index contributed by atoms with van der Waals surface area (Å²) in [5.41, 5.74) is 6.69. The average Bonchev–Trinajstić information content (AvgIpc) is 3.18. The van der Waals surface area contributed by atoms with Crippen LogP contribution in [-0.2, 0) is 6.61 Å². The number of nitrogens with zero attached hydrogens (tertiary/aromatic N) is 2. The second kappa shape index (κ2) is 9.90. The van der Waals surface area contributed by atoms with Crippen molar-refractivity contribution < 1.29 is 28.2 Å². The van der Waals surface area contributed by atoms with Crippen molar-refractivity contribution in [3.63, 3.8) is 0 Å². The topological polar surface area (TPSA) is 119 Å². The Labute approximate surface area is 199 Å². The second-order valence-corrected chi connectivity index (χ2v) is 7.80. The van der Waals surface area contributed by atoms with E-state index in [0.29, 0.717) is 11.3 Å². The number of benzene rings is 2. The third-order valence-corrected chi connectivity index (χ3v) is 5.50. The number of carbonyl (C=O) groups excluding carboxylic acids is 2. The van der Waals surface area contributed by atoms with Gasteiger partial charge in [-0.25, -0.2) is 13.8 Å². The molecule has 2 heterocycles. The maximum Gasteiger partial charge on any atom is 0.270 e. The molecule has 180 valence electrons. The molecule has 1 unspecified atom stereocenters. The lowest BCUT2D eigenvalue weighted by Gasteiger charge is -2.17. The molecular formula is C25H22F2N4O4.